The van der Waals surface area contributed by atoms with E-state index >= 15 is 0 Å². The van der Waals surface area contributed by atoms with Crippen LogP contribution in [0.5, 0.6) is 11.5 Å². The minimum atomic E-state index is -5.94. The molecule has 0 aromatic carbocycles. The van der Waals surface area contributed by atoms with Gasteiger partial charge in [-0.1, -0.05) is 0 Å². The van der Waals surface area contributed by atoms with Crippen LogP contribution in [0.25, 0.3) is 0 Å². The van der Waals surface area contributed by atoms with Crippen LogP contribution in [-0.4, -0.2) is 78.6 Å². The van der Waals surface area contributed by atoms with E-state index in [2.05, 4.69) is 13.9 Å². The van der Waals surface area contributed by atoms with Crippen molar-refractivity contribution in [2.24, 2.45) is 0 Å². The molecule has 25 heavy (non-hydrogen) atoms. The Bertz CT molecular complexity index is 740. The van der Waals surface area contributed by atoms with Crippen molar-refractivity contribution in [2.45, 2.75) is 12.4 Å². The Kier molecular flexibility index (Phi) is 8.64. The predicted molar refractivity (Wildman–Crippen MR) is 77.6 cm³/mol. The first-order valence-corrected chi connectivity index (χ1v) is 7.52. The van der Waals surface area contributed by atoms with Crippen LogP contribution in [0.3, 0.4) is 0 Å². The van der Waals surface area contributed by atoms with Crippen LogP contribution in [0.1, 0.15) is 17.4 Å². The molecule has 0 aliphatic carbocycles. The van der Waals surface area contributed by atoms with E-state index in [0.29, 0.717) is 12.3 Å². The third kappa shape index (κ3) is 6.68. The fraction of sp³-hybridized carbons (Fsp3) is 0.364. The number of rotatable bonds is 6. The van der Waals surface area contributed by atoms with Gasteiger partial charge in [0.05, 0.1) is 12.8 Å². The number of amides is 1. The van der Waals surface area contributed by atoms with Gasteiger partial charge in [-0.3, -0.25) is 9.59 Å². The second-order valence-corrected chi connectivity index (χ2v) is 5.55. The Morgan fingerprint density at radius 2 is 1.96 bits per heavy atom. The molecule has 136 valence electrons. The van der Waals surface area contributed by atoms with Gasteiger partial charge in [-0.05, 0) is 6.92 Å². The van der Waals surface area contributed by atoms with Gasteiger partial charge in [-0.2, -0.15) is 21.6 Å². The summed E-state index contributed by atoms with van der Waals surface area (Å²) < 4.78 is 66.4. The van der Waals surface area contributed by atoms with E-state index in [1.807, 2.05) is 5.32 Å². The van der Waals surface area contributed by atoms with Crippen LogP contribution in [-0.2, 0) is 19.6 Å². The Labute approximate surface area is 161 Å². The van der Waals surface area contributed by atoms with Gasteiger partial charge in [0.15, 0.2) is 17.2 Å². The number of ether oxygens (including phenoxy) is 1. The molecule has 1 aromatic rings. The van der Waals surface area contributed by atoms with Gasteiger partial charge in [0, 0.05) is 6.07 Å². The summed E-state index contributed by atoms with van der Waals surface area (Å²) in [6.45, 7) is 1.09. The molecule has 0 fully saturated rings. The third-order valence-corrected chi connectivity index (χ3v) is 3.22. The average Bonchev–Trinajstić information content (AvgIpc) is 2.43. The molecule has 14 heteroatoms. The SMILES string of the molecule is CCOC(=O)CNC(=O)c1ncc(OS(=O)(=O)C(F)(F)F)cc1O.[NaH]. The van der Waals surface area contributed by atoms with E-state index in [0.717, 1.165) is 0 Å². The van der Waals surface area contributed by atoms with Crippen molar-refractivity contribution in [1.29, 1.82) is 0 Å². The number of alkyl halides is 3. The van der Waals surface area contributed by atoms with E-state index in [1.54, 1.807) is 6.92 Å². The number of aromatic nitrogens is 1. The standard InChI is InChI=1S/C11H11F3N2O7S.Na.H/c1-2-22-8(18)5-16-10(19)9-7(17)3-6(4-15-9)23-24(20,21)11(12,13)14;;/h3-4,17H,2,5H2,1H3,(H,16,19);;. The number of hydrogen-bond acceptors (Lipinski definition) is 8. The molecule has 1 amide bonds. The van der Waals surface area contributed by atoms with Gasteiger partial charge in [-0.15, -0.1) is 0 Å². The zero-order valence-corrected chi connectivity index (χ0v) is 12.8. The van der Waals surface area contributed by atoms with Crippen LogP contribution in [0.4, 0.5) is 13.2 Å². The summed E-state index contributed by atoms with van der Waals surface area (Å²) in [6, 6.07) is 0.454. The zero-order chi connectivity index (χ0) is 18.5. The van der Waals surface area contributed by atoms with Crippen LogP contribution >= 0.6 is 0 Å². The van der Waals surface area contributed by atoms with E-state index in [4.69, 9.17) is 0 Å². The number of carbonyl (C=O) groups excluding carboxylic acids is 2. The quantitative estimate of drug-likeness (QED) is 0.289. The molecule has 0 aliphatic rings. The molecule has 9 nitrogen and oxygen atoms in total. The summed E-state index contributed by atoms with van der Waals surface area (Å²) in [4.78, 5) is 26.0. The zero-order valence-electron chi connectivity index (χ0n) is 12.0. The number of esters is 1. The van der Waals surface area contributed by atoms with Crippen molar-refractivity contribution in [3.05, 3.63) is 18.0 Å². The van der Waals surface area contributed by atoms with Gasteiger partial charge >= 0.3 is 51.2 Å². The molecule has 0 spiro atoms. The van der Waals surface area contributed by atoms with E-state index < -0.39 is 51.2 Å². The number of halogens is 3. The van der Waals surface area contributed by atoms with Crippen LogP contribution in [0.15, 0.2) is 12.3 Å². The molecule has 0 aliphatic heterocycles. The van der Waals surface area contributed by atoms with Crippen molar-refractivity contribution >= 4 is 51.6 Å². The molecule has 0 radical (unpaired) electrons. The van der Waals surface area contributed by atoms with Gasteiger partial charge in [-0.25, -0.2) is 4.98 Å². The fourth-order valence-corrected chi connectivity index (χ4v) is 1.72. The first-order chi connectivity index (χ1) is 11.0. The molecule has 0 saturated carbocycles. The molecule has 1 rings (SSSR count). The van der Waals surface area contributed by atoms with Crippen molar-refractivity contribution < 1.29 is 45.2 Å². The Balaban J connectivity index is 0.00000576. The Hall–Kier alpha value is -1.57. The maximum absolute atomic E-state index is 12.2. The molecular weight excluding hydrogens is 384 g/mol. The van der Waals surface area contributed by atoms with Crippen molar-refractivity contribution in [1.82, 2.24) is 10.3 Å². The van der Waals surface area contributed by atoms with Crippen molar-refractivity contribution in [2.75, 3.05) is 13.2 Å². The minimum absolute atomic E-state index is 0. The maximum atomic E-state index is 12.2. The summed E-state index contributed by atoms with van der Waals surface area (Å²) in [5, 5.41) is 11.6. The van der Waals surface area contributed by atoms with Gasteiger partial charge in [0.25, 0.3) is 5.91 Å². The molecule has 1 aromatic heterocycles. The second kappa shape index (κ2) is 9.22. The number of aromatic hydroxyl groups is 1. The molecule has 1 heterocycles. The van der Waals surface area contributed by atoms with Gasteiger partial charge in [0.2, 0.25) is 0 Å². The monoisotopic (exact) mass is 396 g/mol. The number of pyridine rings is 1. The van der Waals surface area contributed by atoms with Crippen molar-refractivity contribution in [3.8, 4) is 11.5 Å². The van der Waals surface area contributed by atoms with Gasteiger partial charge < -0.3 is 19.3 Å². The van der Waals surface area contributed by atoms with Crippen LogP contribution < -0.4 is 9.50 Å². The number of nitrogens with one attached hydrogen (secondary N) is 1. The van der Waals surface area contributed by atoms with Gasteiger partial charge in [0.1, 0.15) is 6.54 Å². The molecule has 0 atom stereocenters. The molecule has 0 unspecified atom stereocenters. The van der Waals surface area contributed by atoms with Crippen molar-refractivity contribution in [3.63, 3.8) is 0 Å². The number of nitrogens with zero attached hydrogens (tertiary/aromatic N) is 1. The van der Waals surface area contributed by atoms with E-state index in [9.17, 15) is 36.3 Å². The topological polar surface area (TPSA) is 132 Å². The Morgan fingerprint density at radius 1 is 1.36 bits per heavy atom. The summed E-state index contributed by atoms with van der Waals surface area (Å²) in [5.74, 6) is -3.70. The summed E-state index contributed by atoms with van der Waals surface area (Å²) in [7, 11) is -5.94. The Morgan fingerprint density at radius 3 is 2.44 bits per heavy atom. The molecule has 0 saturated heterocycles. The predicted octanol–water partition coefficient (Wildman–Crippen LogP) is -0.340. The average molecular weight is 396 g/mol. The van der Waals surface area contributed by atoms with E-state index in [1.165, 1.54) is 0 Å². The summed E-state index contributed by atoms with van der Waals surface area (Å²) >= 11 is 0. The number of hydrogen-bond donors (Lipinski definition) is 2. The summed E-state index contributed by atoms with van der Waals surface area (Å²) in [5.41, 5.74) is -6.32. The fourth-order valence-electron chi connectivity index (χ4n) is 1.28. The molecular formula is C11H12F3N2NaO7S. The third-order valence-electron chi connectivity index (χ3n) is 2.25. The van der Waals surface area contributed by atoms with Crippen LogP contribution in [0.2, 0.25) is 0 Å². The molecule has 0 bridgehead atoms. The normalized spacial score (nSPS) is 11.2. The molecule has 2 N–H and O–H groups in total. The number of carbonyl (C=O) groups is 2. The van der Waals surface area contributed by atoms with E-state index in [-0.39, 0.29) is 36.2 Å². The second-order valence-electron chi connectivity index (χ2n) is 4.01. The first-order valence-electron chi connectivity index (χ1n) is 6.11. The first kappa shape index (κ1) is 23.4. The summed E-state index contributed by atoms with van der Waals surface area (Å²) in [6.07, 6.45) is 0.488. The van der Waals surface area contributed by atoms with Crippen LogP contribution in [0, 0.1) is 0 Å².